The Labute approximate surface area is 124 Å². The van der Waals surface area contributed by atoms with Gasteiger partial charge in [0.25, 0.3) is 0 Å². The monoisotopic (exact) mass is 284 g/mol. The molecule has 4 nitrogen and oxygen atoms in total. The number of hydrogen-bond acceptors (Lipinski definition) is 2. The lowest BCUT2D eigenvalue weighted by Gasteiger charge is -2.38. The van der Waals surface area contributed by atoms with Crippen LogP contribution >= 0.6 is 0 Å². The van der Waals surface area contributed by atoms with E-state index in [-0.39, 0.29) is 35.2 Å². The first kappa shape index (κ1) is 13.9. The zero-order chi connectivity index (χ0) is 15.2. The first-order valence-corrected chi connectivity index (χ1v) is 7.26. The third kappa shape index (κ3) is 2.15. The molecular formula is C17H20N2O2. The first-order valence-electron chi connectivity index (χ1n) is 7.26. The number of nitrogens with zero attached hydrogens (tertiary/aromatic N) is 1. The second-order valence-corrected chi connectivity index (χ2v) is 6.65. The number of benzene rings is 1. The number of likely N-dealkylation sites (tertiary alicyclic amines) is 1. The van der Waals surface area contributed by atoms with Gasteiger partial charge in [0, 0.05) is 11.7 Å². The minimum Gasteiger partial charge on any atom is -0.333 e. The van der Waals surface area contributed by atoms with Crippen LogP contribution in [0.4, 0.5) is 0 Å². The van der Waals surface area contributed by atoms with Crippen molar-refractivity contribution in [2.24, 2.45) is 11.8 Å². The zero-order valence-electron chi connectivity index (χ0n) is 12.5. The van der Waals surface area contributed by atoms with E-state index in [0.717, 1.165) is 5.56 Å². The summed E-state index contributed by atoms with van der Waals surface area (Å²) in [5.74, 6) is -0.754. The Hall–Kier alpha value is -2.10. The zero-order valence-corrected chi connectivity index (χ0v) is 12.5. The molecule has 3 atom stereocenters. The number of carbonyl (C=O) groups is 2. The van der Waals surface area contributed by atoms with Crippen LogP contribution in [0.5, 0.6) is 0 Å². The van der Waals surface area contributed by atoms with E-state index in [1.54, 1.807) is 6.20 Å². The number of carbonyl (C=O) groups excluding carboxylic acids is 2. The smallest absolute Gasteiger partial charge is 0.231 e. The summed E-state index contributed by atoms with van der Waals surface area (Å²) >= 11 is 0. The van der Waals surface area contributed by atoms with E-state index in [1.807, 2.05) is 62.1 Å². The van der Waals surface area contributed by atoms with Crippen molar-refractivity contribution in [1.82, 2.24) is 10.2 Å². The lowest BCUT2D eigenvalue weighted by Crippen LogP contribution is -2.45. The van der Waals surface area contributed by atoms with Crippen LogP contribution in [0, 0.1) is 11.8 Å². The second kappa shape index (κ2) is 4.72. The van der Waals surface area contributed by atoms with Gasteiger partial charge in [0.05, 0.1) is 17.9 Å². The van der Waals surface area contributed by atoms with Crippen LogP contribution in [0.1, 0.15) is 32.4 Å². The fourth-order valence-corrected chi connectivity index (χ4v) is 3.40. The predicted octanol–water partition coefficient (Wildman–Crippen LogP) is 2.24. The Morgan fingerprint density at radius 2 is 1.76 bits per heavy atom. The summed E-state index contributed by atoms with van der Waals surface area (Å²) in [4.78, 5) is 27.0. The Morgan fingerprint density at radius 3 is 2.38 bits per heavy atom. The van der Waals surface area contributed by atoms with Crippen molar-refractivity contribution in [1.29, 1.82) is 0 Å². The largest absolute Gasteiger partial charge is 0.333 e. The number of rotatable bonds is 1. The van der Waals surface area contributed by atoms with E-state index in [2.05, 4.69) is 5.32 Å². The summed E-state index contributed by atoms with van der Waals surface area (Å²) in [6.45, 7) is 6.04. The summed E-state index contributed by atoms with van der Waals surface area (Å²) in [5, 5.41) is 2.75. The molecule has 110 valence electrons. The molecule has 1 N–H and O–H groups in total. The standard InChI is InChI=1S/C17H20N2O2/c1-17(2,3)19-14(11-7-5-4-6-8-11)13-12(16(19)21)9-10-18-15(13)20/h4-10,12-14H,1-3H3,(H,18,20)/t12-,13+,14-/m1/s1. The Bertz CT molecular complexity index is 601. The molecule has 2 amide bonds. The maximum atomic E-state index is 12.8. The highest BCUT2D eigenvalue weighted by Crippen LogP contribution is 2.46. The van der Waals surface area contributed by atoms with E-state index in [4.69, 9.17) is 0 Å². The number of hydrogen-bond donors (Lipinski definition) is 1. The fourth-order valence-electron chi connectivity index (χ4n) is 3.40. The lowest BCUT2D eigenvalue weighted by atomic mass is 9.84. The summed E-state index contributed by atoms with van der Waals surface area (Å²) in [5.41, 5.74) is 0.682. The molecule has 1 fully saturated rings. The highest BCUT2D eigenvalue weighted by Gasteiger charge is 2.54. The van der Waals surface area contributed by atoms with Crippen LogP contribution in [0.2, 0.25) is 0 Å². The molecule has 0 aromatic heterocycles. The van der Waals surface area contributed by atoms with Crippen molar-refractivity contribution in [3.05, 3.63) is 48.2 Å². The average Bonchev–Trinajstić information content (AvgIpc) is 2.75. The summed E-state index contributed by atoms with van der Waals surface area (Å²) < 4.78 is 0. The molecule has 3 rings (SSSR count). The van der Waals surface area contributed by atoms with Gasteiger partial charge in [0.2, 0.25) is 11.8 Å². The van der Waals surface area contributed by atoms with Gasteiger partial charge >= 0.3 is 0 Å². The van der Waals surface area contributed by atoms with Crippen molar-refractivity contribution in [3.8, 4) is 0 Å². The van der Waals surface area contributed by atoms with Crippen LogP contribution in [-0.2, 0) is 9.59 Å². The Morgan fingerprint density at radius 1 is 1.10 bits per heavy atom. The minimum absolute atomic E-state index is 0.0347. The van der Waals surface area contributed by atoms with E-state index < -0.39 is 0 Å². The maximum absolute atomic E-state index is 12.8. The molecule has 2 heterocycles. The predicted molar refractivity (Wildman–Crippen MR) is 80.0 cm³/mol. The van der Waals surface area contributed by atoms with E-state index in [1.165, 1.54) is 0 Å². The summed E-state index contributed by atoms with van der Waals surface area (Å²) in [6, 6.07) is 9.61. The SMILES string of the molecule is CC(C)(C)N1C(=O)[C@@H]2C=CNC(=O)[C@@H]2[C@H]1c1ccccc1. The van der Waals surface area contributed by atoms with Crippen molar-refractivity contribution < 1.29 is 9.59 Å². The minimum atomic E-state index is -0.358. The van der Waals surface area contributed by atoms with Gasteiger partial charge in [-0.15, -0.1) is 0 Å². The second-order valence-electron chi connectivity index (χ2n) is 6.65. The molecular weight excluding hydrogens is 264 g/mol. The number of fused-ring (bicyclic) bond motifs is 1. The summed E-state index contributed by atoms with van der Waals surface area (Å²) in [6.07, 6.45) is 3.41. The van der Waals surface area contributed by atoms with Crippen LogP contribution in [-0.4, -0.2) is 22.3 Å². The third-order valence-electron chi connectivity index (χ3n) is 4.22. The topological polar surface area (TPSA) is 49.4 Å². The van der Waals surface area contributed by atoms with Gasteiger partial charge in [0.15, 0.2) is 0 Å². The molecule has 0 unspecified atom stereocenters. The van der Waals surface area contributed by atoms with Crippen LogP contribution in [0.25, 0.3) is 0 Å². The third-order valence-corrected chi connectivity index (χ3v) is 4.22. The van der Waals surface area contributed by atoms with Gasteiger partial charge < -0.3 is 10.2 Å². The highest BCUT2D eigenvalue weighted by atomic mass is 16.2. The molecule has 4 heteroatoms. The molecule has 1 aromatic rings. The van der Waals surface area contributed by atoms with Gasteiger partial charge in [-0.25, -0.2) is 0 Å². The van der Waals surface area contributed by atoms with Gasteiger partial charge in [0.1, 0.15) is 0 Å². The summed E-state index contributed by atoms with van der Waals surface area (Å²) in [7, 11) is 0. The van der Waals surface area contributed by atoms with Crippen LogP contribution < -0.4 is 5.32 Å². The number of amides is 2. The molecule has 0 aliphatic carbocycles. The van der Waals surface area contributed by atoms with E-state index in [0.29, 0.717) is 0 Å². The van der Waals surface area contributed by atoms with Crippen LogP contribution in [0.3, 0.4) is 0 Å². The highest BCUT2D eigenvalue weighted by molar-refractivity contribution is 5.95. The molecule has 0 radical (unpaired) electrons. The molecule has 1 saturated heterocycles. The Kier molecular flexibility index (Phi) is 3.12. The van der Waals surface area contributed by atoms with Gasteiger partial charge in [-0.05, 0) is 26.3 Å². The molecule has 2 aliphatic heterocycles. The molecule has 0 bridgehead atoms. The van der Waals surface area contributed by atoms with Crippen molar-refractivity contribution >= 4 is 11.8 Å². The molecule has 0 spiro atoms. The van der Waals surface area contributed by atoms with E-state index in [9.17, 15) is 9.59 Å². The van der Waals surface area contributed by atoms with Gasteiger partial charge in [-0.3, -0.25) is 9.59 Å². The van der Waals surface area contributed by atoms with Crippen molar-refractivity contribution in [3.63, 3.8) is 0 Å². The Balaban J connectivity index is 2.13. The number of nitrogens with one attached hydrogen (secondary N) is 1. The van der Waals surface area contributed by atoms with E-state index >= 15 is 0 Å². The quantitative estimate of drug-likeness (QED) is 0.860. The van der Waals surface area contributed by atoms with Gasteiger partial charge in [-0.2, -0.15) is 0 Å². The molecule has 1 aromatic carbocycles. The first-order chi connectivity index (χ1) is 9.91. The normalized spacial score (nSPS) is 28.5. The average molecular weight is 284 g/mol. The van der Waals surface area contributed by atoms with Crippen molar-refractivity contribution in [2.75, 3.05) is 0 Å². The van der Waals surface area contributed by atoms with Gasteiger partial charge in [-0.1, -0.05) is 36.4 Å². The molecule has 21 heavy (non-hydrogen) atoms. The van der Waals surface area contributed by atoms with Crippen molar-refractivity contribution in [2.45, 2.75) is 32.4 Å². The molecule has 0 saturated carbocycles. The molecule has 2 aliphatic rings. The fraction of sp³-hybridized carbons (Fsp3) is 0.412. The lowest BCUT2D eigenvalue weighted by molar-refractivity contribution is -0.135. The van der Waals surface area contributed by atoms with Crippen LogP contribution in [0.15, 0.2) is 42.6 Å². The maximum Gasteiger partial charge on any atom is 0.231 e.